The Kier molecular flexibility index (Phi) is 5.76. The lowest BCUT2D eigenvalue weighted by molar-refractivity contribution is -0.123. The van der Waals surface area contributed by atoms with Crippen LogP contribution in [0.2, 0.25) is 5.02 Å². The topological polar surface area (TPSA) is 75.7 Å². The van der Waals surface area contributed by atoms with Gasteiger partial charge in [-0.2, -0.15) is 0 Å². The number of para-hydroxylation sites is 1. The molecular formula is C20H19ClN2O4. The number of rotatable bonds is 5. The molecule has 1 saturated heterocycles. The molecule has 2 aromatic carbocycles. The normalized spacial score (nSPS) is 14.7. The first-order valence-electron chi connectivity index (χ1n) is 8.62. The Morgan fingerprint density at radius 1 is 1.15 bits per heavy atom. The number of ether oxygens (including phenoxy) is 1. The minimum absolute atomic E-state index is 0.0243. The van der Waals surface area contributed by atoms with Crippen LogP contribution in [-0.4, -0.2) is 30.4 Å². The van der Waals surface area contributed by atoms with Gasteiger partial charge in [0.25, 0.3) is 5.91 Å². The van der Waals surface area contributed by atoms with Crippen molar-refractivity contribution in [1.82, 2.24) is 0 Å². The van der Waals surface area contributed by atoms with Crippen LogP contribution in [0, 0.1) is 0 Å². The van der Waals surface area contributed by atoms with E-state index in [9.17, 15) is 14.4 Å². The largest absolute Gasteiger partial charge is 0.449 e. The summed E-state index contributed by atoms with van der Waals surface area (Å²) in [5.41, 5.74) is 1.32. The molecule has 3 rings (SSSR count). The fourth-order valence-electron chi connectivity index (χ4n) is 2.84. The summed E-state index contributed by atoms with van der Waals surface area (Å²) in [6, 6.07) is 13.4. The molecule has 0 radical (unpaired) electrons. The van der Waals surface area contributed by atoms with Crippen LogP contribution in [0.3, 0.4) is 0 Å². The lowest BCUT2D eigenvalue weighted by Gasteiger charge is -2.20. The van der Waals surface area contributed by atoms with E-state index in [1.807, 2.05) is 0 Å². The third-order valence-corrected chi connectivity index (χ3v) is 4.50. The van der Waals surface area contributed by atoms with E-state index in [0.29, 0.717) is 29.4 Å². The van der Waals surface area contributed by atoms with Gasteiger partial charge in [-0.05, 0) is 49.7 Å². The minimum atomic E-state index is -1.00. The zero-order chi connectivity index (χ0) is 19.4. The molecule has 0 saturated carbocycles. The highest BCUT2D eigenvalue weighted by molar-refractivity contribution is 6.30. The van der Waals surface area contributed by atoms with Crippen molar-refractivity contribution in [2.24, 2.45) is 0 Å². The van der Waals surface area contributed by atoms with Crippen molar-refractivity contribution < 1.29 is 19.1 Å². The summed E-state index contributed by atoms with van der Waals surface area (Å²) in [5, 5.41) is 3.22. The third kappa shape index (κ3) is 4.46. The van der Waals surface area contributed by atoms with Gasteiger partial charge in [-0.3, -0.25) is 9.59 Å². The van der Waals surface area contributed by atoms with Gasteiger partial charge < -0.3 is 15.0 Å². The molecule has 6 nitrogen and oxygen atoms in total. The molecule has 0 aromatic heterocycles. The monoisotopic (exact) mass is 386 g/mol. The van der Waals surface area contributed by atoms with Gasteiger partial charge in [-0.15, -0.1) is 0 Å². The predicted molar refractivity (Wildman–Crippen MR) is 103 cm³/mol. The number of esters is 1. The van der Waals surface area contributed by atoms with Gasteiger partial charge in [0.2, 0.25) is 5.91 Å². The number of carbonyl (C=O) groups excluding carboxylic acids is 3. The Morgan fingerprint density at radius 3 is 2.52 bits per heavy atom. The van der Waals surface area contributed by atoms with E-state index in [-0.39, 0.29) is 11.5 Å². The number of hydrogen-bond donors (Lipinski definition) is 1. The van der Waals surface area contributed by atoms with Crippen molar-refractivity contribution in [1.29, 1.82) is 0 Å². The molecule has 1 aliphatic rings. The van der Waals surface area contributed by atoms with E-state index in [2.05, 4.69) is 5.32 Å². The van der Waals surface area contributed by atoms with Gasteiger partial charge in [0.1, 0.15) is 0 Å². The Bertz CT molecular complexity index is 867. The second-order valence-electron chi connectivity index (χ2n) is 6.21. The molecular weight excluding hydrogens is 368 g/mol. The van der Waals surface area contributed by atoms with Crippen LogP contribution < -0.4 is 10.2 Å². The number of hydrogen-bond acceptors (Lipinski definition) is 4. The SMILES string of the molecule is C[C@@H](OC(=O)c1ccccc1N1CCCC1=O)C(=O)Nc1ccc(Cl)cc1. The molecule has 0 aliphatic carbocycles. The first-order valence-corrected chi connectivity index (χ1v) is 9.00. The standard InChI is InChI=1S/C20H19ClN2O4/c1-13(19(25)22-15-10-8-14(21)9-11-15)27-20(26)16-5-2-3-6-17(16)23-12-4-7-18(23)24/h2-3,5-6,8-11,13H,4,7,12H2,1H3,(H,22,25)/t13-/m1/s1. The zero-order valence-electron chi connectivity index (χ0n) is 14.8. The van der Waals surface area contributed by atoms with Gasteiger partial charge in [-0.25, -0.2) is 4.79 Å². The van der Waals surface area contributed by atoms with Crippen LogP contribution in [-0.2, 0) is 14.3 Å². The van der Waals surface area contributed by atoms with Gasteiger partial charge >= 0.3 is 5.97 Å². The molecule has 0 bridgehead atoms. The minimum Gasteiger partial charge on any atom is -0.449 e. The maximum atomic E-state index is 12.6. The van der Waals surface area contributed by atoms with E-state index < -0.39 is 18.0 Å². The highest BCUT2D eigenvalue weighted by Gasteiger charge is 2.27. The molecule has 27 heavy (non-hydrogen) atoms. The smallest absolute Gasteiger partial charge is 0.341 e. The Balaban J connectivity index is 1.69. The van der Waals surface area contributed by atoms with Crippen LogP contribution in [0.5, 0.6) is 0 Å². The van der Waals surface area contributed by atoms with Crippen LogP contribution in [0.15, 0.2) is 48.5 Å². The van der Waals surface area contributed by atoms with E-state index in [0.717, 1.165) is 6.42 Å². The molecule has 1 atom stereocenters. The van der Waals surface area contributed by atoms with E-state index in [1.165, 1.54) is 6.92 Å². The van der Waals surface area contributed by atoms with E-state index in [1.54, 1.807) is 53.4 Å². The fourth-order valence-corrected chi connectivity index (χ4v) is 2.97. The maximum Gasteiger partial charge on any atom is 0.341 e. The summed E-state index contributed by atoms with van der Waals surface area (Å²) in [7, 11) is 0. The average molecular weight is 387 g/mol. The van der Waals surface area contributed by atoms with Gasteiger partial charge in [0.05, 0.1) is 11.3 Å². The van der Waals surface area contributed by atoms with Crippen LogP contribution in [0.4, 0.5) is 11.4 Å². The molecule has 2 aromatic rings. The van der Waals surface area contributed by atoms with Crippen LogP contribution >= 0.6 is 11.6 Å². The summed E-state index contributed by atoms with van der Waals surface area (Å²) in [4.78, 5) is 38.4. The average Bonchev–Trinajstić information content (AvgIpc) is 3.09. The second-order valence-corrected chi connectivity index (χ2v) is 6.65. The Hall–Kier alpha value is -2.86. The van der Waals surface area contributed by atoms with Gasteiger partial charge in [0.15, 0.2) is 6.10 Å². The summed E-state index contributed by atoms with van der Waals surface area (Å²) < 4.78 is 5.31. The number of anilines is 2. The third-order valence-electron chi connectivity index (χ3n) is 4.25. The number of amides is 2. The molecule has 140 valence electrons. The molecule has 1 N–H and O–H groups in total. The van der Waals surface area contributed by atoms with Crippen molar-refractivity contribution in [3.05, 3.63) is 59.1 Å². The molecule has 0 unspecified atom stereocenters. The predicted octanol–water partition coefficient (Wildman–Crippen LogP) is 3.65. The van der Waals surface area contributed by atoms with Crippen molar-refractivity contribution in [3.8, 4) is 0 Å². The highest BCUT2D eigenvalue weighted by Crippen LogP contribution is 2.26. The second kappa shape index (κ2) is 8.22. The fraction of sp³-hybridized carbons (Fsp3) is 0.250. The zero-order valence-corrected chi connectivity index (χ0v) is 15.5. The lowest BCUT2D eigenvalue weighted by atomic mass is 10.1. The van der Waals surface area contributed by atoms with Gasteiger partial charge in [0, 0.05) is 23.7 Å². The summed E-state index contributed by atoms with van der Waals surface area (Å²) in [5.74, 6) is -1.13. The number of benzene rings is 2. The molecule has 1 aliphatic heterocycles. The van der Waals surface area contributed by atoms with Crippen molar-refractivity contribution in [2.45, 2.75) is 25.9 Å². The summed E-state index contributed by atoms with van der Waals surface area (Å²) in [6.07, 6.45) is 0.210. The van der Waals surface area contributed by atoms with E-state index >= 15 is 0 Å². The van der Waals surface area contributed by atoms with Crippen molar-refractivity contribution in [2.75, 3.05) is 16.8 Å². The van der Waals surface area contributed by atoms with Gasteiger partial charge in [-0.1, -0.05) is 23.7 Å². The number of halogens is 1. The quantitative estimate of drug-likeness (QED) is 0.796. The molecule has 7 heteroatoms. The van der Waals surface area contributed by atoms with E-state index in [4.69, 9.17) is 16.3 Å². The number of nitrogens with zero attached hydrogens (tertiary/aromatic N) is 1. The molecule has 0 spiro atoms. The Labute approximate surface area is 162 Å². The lowest BCUT2D eigenvalue weighted by Crippen LogP contribution is -2.31. The maximum absolute atomic E-state index is 12.6. The summed E-state index contributed by atoms with van der Waals surface area (Å²) >= 11 is 5.82. The van der Waals surface area contributed by atoms with Crippen molar-refractivity contribution in [3.63, 3.8) is 0 Å². The molecule has 2 amide bonds. The molecule has 1 fully saturated rings. The number of nitrogens with one attached hydrogen (secondary N) is 1. The first-order chi connectivity index (χ1) is 13.0. The highest BCUT2D eigenvalue weighted by atomic mass is 35.5. The van der Waals surface area contributed by atoms with Crippen LogP contribution in [0.1, 0.15) is 30.1 Å². The Morgan fingerprint density at radius 2 is 1.85 bits per heavy atom. The van der Waals surface area contributed by atoms with Crippen molar-refractivity contribution >= 4 is 40.8 Å². The van der Waals surface area contributed by atoms with Crippen LogP contribution in [0.25, 0.3) is 0 Å². The summed E-state index contributed by atoms with van der Waals surface area (Å²) in [6.45, 7) is 2.06. The first kappa shape index (κ1) is 18.9. The number of carbonyl (C=O) groups is 3. The molecule has 1 heterocycles.